The molecule has 2 rings (SSSR count). The maximum absolute atomic E-state index is 4.61. The van der Waals surface area contributed by atoms with Crippen molar-refractivity contribution in [3.05, 3.63) is 17.6 Å². The average molecular weight is 234 g/mol. The van der Waals surface area contributed by atoms with Crippen molar-refractivity contribution in [2.75, 3.05) is 25.0 Å². The molecule has 1 aromatic heterocycles. The molecule has 0 spiro atoms. The van der Waals surface area contributed by atoms with Gasteiger partial charge in [-0.1, -0.05) is 0 Å². The van der Waals surface area contributed by atoms with Crippen molar-refractivity contribution in [2.45, 2.75) is 39.2 Å². The Kier molecular flexibility index (Phi) is 3.33. The number of hydrogen-bond acceptors (Lipinski definition) is 4. The van der Waals surface area contributed by atoms with Gasteiger partial charge in [-0.05, 0) is 40.7 Å². The molecule has 1 aliphatic heterocycles. The molecule has 1 N–H and O–H groups in total. The SMILES string of the molecule is CNC1(C)CCN(c2nc(C)cnc2C)CC1. The molecule has 4 heteroatoms. The lowest BCUT2D eigenvalue weighted by atomic mass is 9.90. The molecule has 0 amide bonds. The lowest BCUT2D eigenvalue weighted by Crippen LogP contribution is -2.50. The summed E-state index contributed by atoms with van der Waals surface area (Å²) < 4.78 is 0. The molecule has 0 aromatic carbocycles. The summed E-state index contributed by atoms with van der Waals surface area (Å²) in [5.41, 5.74) is 2.30. The number of aryl methyl sites for hydroxylation is 2. The van der Waals surface area contributed by atoms with E-state index in [4.69, 9.17) is 0 Å². The molecule has 2 heterocycles. The van der Waals surface area contributed by atoms with Crippen LogP contribution in [-0.2, 0) is 0 Å². The minimum atomic E-state index is 0.279. The smallest absolute Gasteiger partial charge is 0.150 e. The number of rotatable bonds is 2. The van der Waals surface area contributed by atoms with Gasteiger partial charge in [-0.15, -0.1) is 0 Å². The lowest BCUT2D eigenvalue weighted by molar-refractivity contribution is 0.304. The Morgan fingerprint density at radius 3 is 2.53 bits per heavy atom. The van der Waals surface area contributed by atoms with Crippen LogP contribution in [0.4, 0.5) is 5.82 Å². The molecule has 0 radical (unpaired) electrons. The maximum Gasteiger partial charge on any atom is 0.150 e. The fourth-order valence-electron chi connectivity index (χ4n) is 2.29. The summed E-state index contributed by atoms with van der Waals surface area (Å²) in [5.74, 6) is 1.06. The van der Waals surface area contributed by atoms with Gasteiger partial charge in [0, 0.05) is 24.8 Å². The normalized spacial score (nSPS) is 19.4. The minimum absolute atomic E-state index is 0.279. The summed E-state index contributed by atoms with van der Waals surface area (Å²) in [6.45, 7) is 8.43. The molecule has 1 saturated heterocycles. The zero-order chi connectivity index (χ0) is 12.5. The number of hydrogen-bond donors (Lipinski definition) is 1. The van der Waals surface area contributed by atoms with E-state index in [0.717, 1.165) is 43.1 Å². The highest BCUT2D eigenvalue weighted by atomic mass is 15.2. The molecular weight excluding hydrogens is 212 g/mol. The van der Waals surface area contributed by atoms with Gasteiger partial charge < -0.3 is 10.2 Å². The van der Waals surface area contributed by atoms with Crippen molar-refractivity contribution in [1.29, 1.82) is 0 Å². The second kappa shape index (κ2) is 4.61. The Bertz CT molecular complexity index is 394. The zero-order valence-electron chi connectivity index (χ0n) is 11.2. The molecule has 1 aliphatic rings. The Morgan fingerprint density at radius 2 is 1.94 bits per heavy atom. The Labute approximate surface area is 103 Å². The van der Waals surface area contributed by atoms with E-state index >= 15 is 0 Å². The topological polar surface area (TPSA) is 41.0 Å². The number of nitrogens with one attached hydrogen (secondary N) is 1. The first-order chi connectivity index (χ1) is 8.04. The van der Waals surface area contributed by atoms with Crippen molar-refractivity contribution >= 4 is 5.82 Å². The maximum atomic E-state index is 4.61. The van der Waals surface area contributed by atoms with Crippen LogP contribution in [0.2, 0.25) is 0 Å². The van der Waals surface area contributed by atoms with E-state index in [1.54, 1.807) is 0 Å². The molecule has 0 saturated carbocycles. The molecule has 17 heavy (non-hydrogen) atoms. The standard InChI is InChI=1S/C13H22N4/c1-10-9-15-11(2)12(16-10)17-7-5-13(3,14-4)6-8-17/h9,14H,5-8H2,1-4H3. The van der Waals surface area contributed by atoms with E-state index in [-0.39, 0.29) is 5.54 Å². The summed E-state index contributed by atoms with van der Waals surface area (Å²) in [7, 11) is 2.05. The van der Waals surface area contributed by atoms with Gasteiger partial charge in [-0.2, -0.15) is 0 Å². The minimum Gasteiger partial charge on any atom is -0.355 e. The zero-order valence-corrected chi connectivity index (χ0v) is 11.2. The molecule has 0 atom stereocenters. The molecule has 4 nitrogen and oxygen atoms in total. The quantitative estimate of drug-likeness (QED) is 0.845. The summed E-state index contributed by atoms with van der Waals surface area (Å²) >= 11 is 0. The third kappa shape index (κ3) is 2.57. The predicted molar refractivity (Wildman–Crippen MR) is 70.4 cm³/mol. The third-order valence-electron chi connectivity index (χ3n) is 3.82. The van der Waals surface area contributed by atoms with E-state index in [9.17, 15) is 0 Å². The molecule has 1 fully saturated rings. The predicted octanol–water partition coefficient (Wildman–Crippen LogP) is 1.67. The van der Waals surface area contributed by atoms with Crippen molar-refractivity contribution in [1.82, 2.24) is 15.3 Å². The number of nitrogens with zero attached hydrogens (tertiary/aromatic N) is 3. The highest BCUT2D eigenvalue weighted by Gasteiger charge is 2.29. The highest BCUT2D eigenvalue weighted by molar-refractivity contribution is 5.43. The third-order valence-corrected chi connectivity index (χ3v) is 3.82. The van der Waals surface area contributed by atoms with Crippen LogP contribution in [-0.4, -0.2) is 35.6 Å². The van der Waals surface area contributed by atoms with Crippen LogP contribution in [0.1, 0.15) is 31.2 Å². The second-order valence-corrected chi connectivity index (χ2v) is 5.22. The molecule has 94 valence electrons. The van der Waals surface area contributed by atoms with Gasteiger partial charge in [0.1, 0.15) is 5.82 Å². The van der Waals surface area contributed by atoms with Gasteiger partial charge in [-0.25, -0.2) is 4.98 Å². The van der Waals surface area contributed by atoms with E-state index in [1.165, 1.54) is 0 Å². The van der Waals surface area contributed by atoms with Crippen molar-refractivity contribution in [3.8, 4) is 0 Å². The van der Waals surface area contributed by atoms with Gasteiger partial charge in [0.2, 0.25) is 0 Å². The van der Waals surface area contributed by atoms with Crippen LogP contribution in [0.15, 0.2) is 6.20 Å². The molecule has 0 bridgehead atoms. The molecule has 0 unspecified atom stereocenters. The second-order valence-electron chi connectivity index (χ2n) is 5.22. The largest absolute Gasteiger partial charge is 0.355 e. The molecule has 0 aliphatic carbocycles. The fraction of sp³-hybridized carbons (Fsp3) is 0.692. The summed E-state index contributed by atoms with van der Waals surface area (Å²) in [5, 5.41) is 3.42. The monoisotopic (exact) mass is 234 g/mol. The van der Waals surface area contributed by atoms with Gasteiger partial charge >= 0.3 is 0 Å². The number of anilines is 1. The summed E-state index contributed by atoms with van der Waals surface area (Å²) in [4.78, 5) is 11.4. The van der Waals surface area contributed by atoms with E-state index in [1.807, 2.05) is 27.1 Å². The van der Waals surface area contributed by atoms with E-state index in [2.05, 4.69) is 27.1 Å². The van der Waals surface area contributed by atoms with Crippen LogP contribution in [0.25, 0.3) is 0 Å². The first-order valence-corrected chi connectivity index (χ1v) is 6.28. The fourth-order valence-corrected chi connectivity index (χ4v) is 2.29. The van der Waals surface area contributed by atoms with Crippen LogP contribution in [0, 0.1) is 13.8 Å². The first-order valence-electron chi connectivity index (χ1n) is 6.28. The van der Waals surface area contributed by atoms with Crippen molar-refractivity contribution < 1.29 is 0 Å². The van der Waals surface area contributed by atoms with Crippen LogP contribution in [0.3, 0.4) is 0 Å². The number of aromatic nitrogens is 2. The van der Waals surface area contributed by atoms with Crippen LogP contribution < -0.4 is 10.2 Å². The summed E-state index contributed by atoms with van der Waals surface area (Å²) in [6, 6.07) is 0. The number of piperidine rings is 1. The average Bonchev–Trinajstić information content (AvgIpc) is 2.34. The first kappa shape index (κ1) is 12.3. The van der Waals surface area contributed by atoms with Crippen LogP contribution >= 0.6 is 0 Å². The van der Waals surface area contributed by atoms with Gasteiger partial charge in [0.15, 0.2) is 0 Å². The van der Waals surface area contributed by atoms with Gasteiger partial charge in [0.05, 0.1) is 11.4 Å². The Hall–Kier alpha value is -1.16. The van der Waals surface area contributed by atoms with E-state index < -0.39 is 0 Å². The van der Waals surface area contributed by atoms with Crippen molar-refractivity contribution in [2.24, 2.45) is 0 Å². The Balaban J connectivity index is 2.13. The van der Waals surface area contributed by atoms with E-state index in [0.29, 0.717) is 0 Å². The Morgan fingerprint density at radius 1 is 1.29 bits per heavy atom. The van der Waals surface area contributed by atoms with Gasteiger partial charge in [0.25, 0.3) is 0 Å². The molecule has 1 aromatic rings. The van der Waals surface area contributed by atoms with Crippen molar-refractivity contribution in [3.63, 3.8) is 0 Å². The lowest BCUT2D eigenvalue weighted by Gasteiger charge is -2.40. The summed E-state index contributed by atoms with van der Waals surface area (Å²) in [6.07, 6.45) is 4.14. The highest BCUT2D eigenvalue weighted by Crippen LogP contribution is 2.25. The van der Waals surface area contributed by atoms with Gasteiger partial charge in [-0.3, -0.25) is 4.98 Å². The molecular formula is C13H22N4. The van der Waals surface area contributed by atoms with Crippen LogP contribution in [0.5, 0.6) is 0 Å².